The van der Waals surface area contributed by atoms with Gasteiger partial charge in [0, 0.05) is 26.4 Å². The number of amides is 3. The molecule has 3 N–H and O–H groups in total. The largest absolute Gasteiger partial charge is 0.390 e. The predicted octanol–water partition coefficient (Wildman–Crippen LogP) is 4.69. The van der Waals surface area contributed by atoms with Crippen LogP contribution < -0.4 is 5.32 Å². The third-order valence-electron chi connectivity index (χ3n) is 9.06. The number of hydrogen-bond donors (Lipinski definition) is 3. The Hall–Kier alpha value is -2.45. The van der Waals surface area contributed by atoms with Crippen LogP contribution in [0, 0.1) is 23.7 Å². The summed E-state index contributed by atoms with van der Waals surface area (Å²) in [4.78, 5) is 43.9. The molecule has 0 bridgehead atoms. The maximum atomic E-state index is 14.5. The minimum absolute atomic E-state index is 0.0277. The Bertz CT molecular complexity index is 990. The highest BCUT2D eigenvalue weighted by Gasteiger charge is 2.41. The fourth-order valence-corrected chi connectivity index (χ4v) is 6.35. The molecule has 0 saturated heterocycles. The van der Waals surface area contributed by atoms with Crippen molar-refractivity contribution in [3.05, 3.63) is 35.9 Å². The van der Waals surface area contributed by atoms with Gasteiger partial charge in [0.25, 0.3) is 0 Å². The summed E-state index contributed by atoms with van der Waals surface area (Å²) in [6, 6.07) is 8.82. The highest BCUT2D eigenvalue weighted by atomic mass is 16.3. The molecule has 0 unspecified atom stereocenters. The zero-order valence-electron chi connectivity index (χ0n) is 26.5. The van der Waals surface area contributed by atoms with E-state index in [4.69, 9.17) is 0 Å². The first kappa shape index (κ1) is 34.0. The van der Waals surface area contributed by atoms with Crippen LogP contribution in [-0.4, -0.2) is 76.6 Å². The first-order valence-corrected chi connectivity index (χ1v) is 16.2. The second-order valence-electron chi connectivity index (χ2n) is 13.5. The van der Waals surface area contributed by atoms with E-state index < -0.39 is 24.2 Å². The van der Waals surface area contributed by atoms with Gasteiger partial charge in [0.05, 0.1) is 18.2 Å². The van der Waals surface area contributed by atoms with E-state index in [0.717, 1.165) is 44.1 Å². The number of hydrogen-bond acceptors (Lipinski definition) is 5. The SMILES string of the molecule is CC(C)C[C@H](O)[C@H](O)[C@H](CC1CCCCC1)N(CC(=O)N(C)C)C(=O)[C@@H](CC(=O)N[C@H](C)c1ccccc1)CC1CC1. The lowest BCUT2D eigenvalue weighted by molar-refractivity contribution is -0.151. The standard InChI is InChI=1S/C34H55N3O5/c1-23(2)18-30(38)33(41)29(20-25-12-8-6-9-13-25)37(22-32(40)36(4)5)34(42)28(19-26-16-17-26)21-31(39)35-24(3)27-14-10-7-11-15-27/h7,10-11,14-15,23-26,28-30,33,38,41H,6,8-9,12-13,16-22H2,1-5H3,(H,35,39)/t24-,28-,29+,30+,33-/m1/s1. The van der Waals surface area contributed by atoms with Crippen molar-refractivity contribution < 1.29 is 24.6 Å². The van der Waals surface area contributed by atoms with Crippen LogP contribution in [-0.2, 0) is 14.4 Å². The van der Waals surface area contributed by atoms with Gasteiger partial charge in [0.1, 0.15) is 12.6 Å². The van der Waals surface area contributed by atoms with Gasteiger partial charge < -0.3 is 25.3 Å². The monoisotopic (exact) mass is 585 g/mol. The molecule has 42 heavy (non-hydrogen) atoms. The van der Waals surface area contributed by atoms with Crippen LogP contribution in [0.2, 0.25) is 0 Å². The van der Waals surface area contributed by atoms with Gasteiger partial charge in [-0.1, -0.05) is 89.1 Å². The van der Waals surface area contributed by atoms with Gasteiger partial charge in [-0.2, -0.15) is 0 Å². The summed E-state index contributed by atoms with van der Waals surface area (Å²) in [6.45, 7) is 5.73. The number of aliphatic hydroxyl groups excluding tert-OH is 2. The van der Waals surface area contributed by atoms with Crippen molar-refractivity contribution in [2.24, 2.45) is 23.7 Å². The lowest BCUT2D eigenvalue weighted by atomic mass is 9.81. The van der Waals surface area contributed by atoms with Crippen LogP contribution in [0.3, 0.4) is 0 Å². The second-order valence-corrected chi connectivity index (χ2v) is 13.5. The highest BCUT2D eigenvalue weighted by molar-refractivity contribution is 5.89. The Balaban J connectivity index is 1.89. The average Bonchev–Trinajstić information content (AvgIpc) is 3.78. The number of rotatable bonds is 16. The van der Waals surface area contributed by atoms with Gasteiger partial charge in [-0.15, -0.1) is 0 Å². The average molecular weight is 586 g/mol. The van der Waals surface area contributed by atoms with Crippen molar-refractivity contribution in [1.29, 1.82) is 0 Å². The van der Waals surface area contributed by atoms with Crippen LogP contribution in [0.25, 0.3) is 0 Å². The maximum Gasteiger partial charge on any atom is 0.241 e. The van der Waals surface area contributed by atoms with Crippen molar-refractivity contribution in [1.82, 2.24) is 15.1 Å². The molecule has 3 rings (SSSR count). The minimum atomic E-state index is -1.18. The summed E-state index contributed by atoms with van der Waals surface area (Å²) >= 11 is 0. The Morgan fingerprint density at radius 2 is 1.52 bits per heavy atom. The summed E-state index contributed by atoms with van der Waals surface area (Å²) < 4.78 is 0. The molecule has 1 aromatic rings. The lowest BCUT2D eigenvalue weighted by Gasteiger charge is -2.41. The van der Waals surface area contributed by atoms with Crippen molar-refractivity contribution in [3.8, 4) is 0 Å². The van der Waals surface area contributed by atoms with Crippen molar-refractivity contribution in [3.63, 3.8) is 0 Å². The smallest absolute Gasteiger partial charge is 0.241 e. The van der Waals surface area contributed by atoms with Crippen molar-refractivity contribution >= 4 is 17.7 Å². The van der Waals surface area contributed by atoms with Crippen LogP contribution in [0.4, 0.5) is 0 Å². The van der Waals surface area contributed by atoms with Crippen molar-refractivity contribution in [2.45, 2.75) is 116 Å². The third-order valence-corrected chi connectivity index (χ3v) is 9.06. The molecule has 8 nitrogen and oxygen atoms in total. The Morgan fingerprint density at radius 3 is 2.10 bits per heavy atom. The zero-order chi connectivity index (χ0) is 30.8. The summed E-state index contributed by atoms with van der Waals surface area (Å²) in [5, 5.41) is 25.7. The van der Waals surface area contributed by atoms with E-state index in [2.05, 4.69) is 5.32 Å². The van der Waals surface area contributed by atoms with E-state index in [-0.39, 0.29) is 42.6 Å². The van der Waals surface area contributed by atoms with Gasteiger partial charge in [-0.25, -0.2) is 0 Å². The Labute approximate surface area is 253 Å². The number of carbonyl (C=O) groups excluding carboxylic acids is 3. The van der Waals surface area contributed by atoms with Crippen LogP contribution in [0.15, 0.2) is 30.3 Å². The van der Waals surface area contributed by atoms with Crippen LogP contribution in [0.1, 0.15) is 103 Å². The Morgan fingerprint density at radius 1 is 0.905 bits per heavy atom. The first-order valence-electron chi connectivity index (χ1n) is 16.2. The summed E-state index contributed by atoms with van der Waals surface area (Å²) in [5.41, 5.74) is 0.990. The second kappa shape index (κ2) is 16.4. The maximum absolute atomic E-state index is 14.5. The molecule has 236 valence electrons. The molecule has 0 heterocycles. The fraction of sp³-hybridized carbons (Fsp3) is 0.735. The van der Waals surface area contributed by atoms with E-state index in [1.54, 1.807) is 14.1 Å². The van der Waals surface area contributed by atoms with Gasteiger partial charge in [-0.05, 0) is 49.5 Å². The summed E-state index contributed by atoms with van der Waals surface area (Å²) in [5.74, 6) is -0.446. The van der Waals surface area contributed by atoms with Crippen molar-refractivity contribution in [2.75, 3.05) is 20.6 Å². The molecule has 0 aromatic heterocycles. The van der Waals surface area contributed by atoms with Gasteiger partial charge >= 0.3 is 0 Å². The van der Waals surface area contributed by atoms with E-state index in [1.165, 1.54) is 16.2 Å². The molecule has 0 aliphatic heterocycles. The first-order chi connectivity index (χ1) is 20.0. The van der Waals surface area contributed by atoms with Crippen LogP contribution in [0.5, 0.6) is 0 Å². The zero-order valence-corrected chi connectivity index (χ0v) is 26.5. The molecule has 0 spiro atoms. The van der Waals surface area contributed by atoms with E-state index in [9.17, 15) is 24.6 Å². The Kier molecular flexibility index (Phi) is 13.3. The minimum Gasteiger partial charge on any atom is -0.390 e. The molecule has 3 amide bonds. The predicted molar refractivity (Wildman–Crippen MR) is 165 cm³/mol. The molecular weight excluding hydrogens is 530 g/mol. The molecule has 8 heteroatoms. The van der Waals surface area contributed by atoms with E-state index in [0.29, 0.717) is 31.1 Å². The van der Waals surface area contributed by atoms with E-state index >= 15 is 0 Å². The number of benzene rings is 1. The van der Waals surface area contributed by atoms with Gasteiger partial charge in [-0.3, -0.25) is 14.4 Å². The number of carbonyl (C=O) groups is 3. The van der Waals surface area contributed by atoms with E-state index in [1.807, 2.05) is 51.1 Å². The quantitative estimate of drug-likeness (QED) is 0.261. The molecule has 5 atom stereocenters. The number of aliphatic hydroxyl groups is 2. The third kappa shape index (κ3) is 10.7. The topological polar surface area (TPSA) is 110 Å². The van der Waals surface area contributed by atoms with Gasteiger partial charge in [0.15, 0.2) is 0 Å². The molecular formula is C34H55N3O5. The highest BCUT2D eigenvalue weighted by Crippen LogP contribution is 2.38. The molecule has 1 aromatic carbocycles. The van der Waals surface area contributed by atoms with Gasteiger partial charge in [0.2, 0.25) is 17.7 Å². The number of likely N-dealkylation sites (N-methyl/N-ethyl adjacent to an activating group) is 1. The summed E-state index contributed by atoms with van der Waals surface area (Å²) in [7, 11) is 3.32. The molecule has 2 aliphatic rings. The summed E-state index contributed by atoms with van der Waals surface area (Å²) in [6.07, 6.45) is 6.84. The molecule has 2 saturated carbocycles. The lowest BCUT2D eigenvalue weighted by Crippen LogP contribution is -2.56. The fourth-order valence-electron chi connectivity index (χ4n) is 6.35. The normalized spacial score (nSPS) is 19.4. The number of nitrogens with one attached hydrogen (secondary N) is 1. The number of nitrogens with zero attached hydrogens (tertiary/aromatic N) is 2. The molecule has 2 fully saturated rings. The molecule has 2 aliphatic carbocycles. The van der Waals surface area contributed by atoms with Crippen LogP contribution >= 0.6 is 0 Å². The molecule has 0 radical (unpaired) electrons.